The molecule has 5 nitrogen and oxygen atoms in total. The number of ether oxygens (including phenoxy) is 2. The van der Waals surface area contributed by atoms with Gasteiger partial charge >= 0.3 is 7.60 Å². The molecule has 0 aromatic heterocycles. The molecule has 1 atom stereocenters. The van der Waals surface area contributed by atoms with Crippen LogP contribution < -0.4 is 9.47 Å². The molecule has 0 saturated heterocycles. The van der Waals surface area contributed by atoms with Crippen LogP contribution in [0.4, 0.5) is 0 Å². The minimum absolute atomic E-state index is 0.309. The lowest BCUT2D eigenvalue weighted by Crippen LogP contribution is -2.08. The van der Waals surface area contributed by atoms with Gasteiger partial charge in [0.25, 0.3) is 0 Å². The van der Waals surface area contributed by atoms with E-state index in [0.29, 0.717) is 12.8 Å². The molecule has 0 amide bonds. The quantitative estimate of drug-likeness (QED) is 0.582. The summed E-state index contributed by atoms with van der Waals surface area (Å²) in [5.74, 6) is 1.50. The van der Waals surface area contributed by atoms with E-state index >= 15 is 0 Å². The van der Waals surface area contributed by atoms with E-state index in [-0.39, 0.29) is 0 Å². The fourth-order valence-corrected chi connectivity index (χ4v) is 3.78. The lowest BCUT2D eigenvalue weighted by molar-refractivity contribution is 0.176. The molecule has 0 aliphatic rings. The zero-order valence-electron chi connectivity index (χ0n) is 15.1. The minimum Gasteiger partial charge on any atom is -0.497 e. The van der Waals surface area contributed by atoms with Crippen LogP contribution in [-0.4, -0.2) is 27.0 Å². The van der Waals surface area contributed by atoms with Crippen molar-refractivity contribution in [2.45, 2.75) is 20.0 Å². The molecule has 0 aliphatic heterocycles. The third kappa shape index (κ3) is 5.08. The lowest BCUT2D eigenvalue weighted by Gasteiger charge is -2.24. The molecule has 0 fully saturated rings. The first-order valence-corrected chi connectivity index (χ1v) is 9.98. The molecule has 0 aliphatic carbocycles. The van der Waals surface area contributed by atoms with Crippen LogP contribution in [-0.2, 0) is 13.6 Å². The fraction of sp³-hybridized carbons (Fsp3) is 0.368. The van der Waals surface area contributed by atoms with Crippen molar-refractivity contribution in [3.05, 3.63) is 59.7 Å². The second-order valence-corrected chi connectivity index (χ2v) is 7.70. The van der Waals surface area contributed by atoms with Gasteiger partial charge in [-0.05, 0) is 42.3 Å². The predicted molar refractivity (Wildman–Crippen MR) is 98.7 cm³/mol. The number of hydrogen-bond donors (Lipinski definition) is 0. The van der Waals surface area contributed by atoms with Gasteiger partial charge in [-0.15, -0.1) is 0 Å². The Hall–Kier alpha value is -1.81. The zero-order valence-corrected chi connectivity index (χ0v) is 16.0. The monoisotopic (exact) mass is 364 g/mol. The molecule has 0 radical (unpaired) electrons. The molecule has 6 heteroatoms. The van der Waals surface area contributed by atoms with Crippen LogP contribution >= 0.6 is 7.60 Å². The van der Waals surface area contributed by atoms with E-state index in [0.717, 1.165) is 22.6 Å². The van der Waals surface area contributed by atoms with Crippen LogP contribution in [0.3, 0.4) is 0 Å². The third-order valence-corrected chi connectivity index (χ3v) is 5.77. The highest BCUT2D eigenvalue weighted by Crippen LogP contribution is 2.53. The molecule has 0 bridgehead atoms. The van der Waals surface area contributed by atoms with Crippen LogP contribution in [0.25, 0.3) is 0 Å². The van der Waals surface area contributed by atoms with E-state index in [9.17, 15) is 4.57 Å². The average Bonchev–Trinajstić information content (AvgIpc) is 2.67. The fourth-order valence-electron chi connectivity index (χ4n) is 2.43. The molecule has 2 aromatic rings. The van der Waals surface area contributed by atoms with Gasteiger partial charge in [0.15, 0.2) is 0 Å². The van der Waals surface area contributed by atoms with Gasteiger partial charge in [-0.3, -0.25) is 9.09 Å². The van der Waals surface area contributed by atoms with Crippen LogP contribution in [0, 0.1) is 0 Å². The van der Waals surface area contributed by atoms with Crippen molar-refractivity contribution in [2.24, 2.45) is 0 Å². The molecule has 2 aromatic carbocycles. The summed E-state index contributed by atoms with van der Waals surface area (Å²) in [6.07, 6.45) is -0.196. The molecule has 2 rings (SSSR count). The average molecular weight is 364 g/mol. The SMILES string of the molecule is CCOP(=O)(CC)OC(c1ccc(OC)cc1)c1ccc(OC)cc1. The van der Waals surface area contributed by atoms with E-state index in [1.165, 1.54) is 0 Å². The normalized spacial score (nSPS) is 13.5. The maximum Gasteiger partial charge on any atom is 0.331 e. The molecule has 25 heavy (non-hydrogen) atoms. The molecule has 0 heterocycles. The van der Waals surface area contributed by atoms with E-state index < -0.39 is 13.7 Å². The van der Waals surface area contributed by atoms with Crippen molar-refractivity contribution in [3.8, 4) is 11.5 Å². The molecular weight excluding hydrogens is 339 g/mol. The van der Waals surface area contributed by atoms with Crippen LogP contribution in [0.15, 0.2) is 48.5 Å². The van der Waals surface area contributed by atoms with E-state index in [1.807, 2.05) is 48.5 Å². The molecule has 136 valence electrons. The topological polar surface area (TPSA) is 54.0 Å². The summed E-state index contributed by atoms with van der Waals surface area (Å²) in [6.45, 7) is 3.94. The Morgan fingerprint density at radius 3 is 1.60 bits per heavy atom. The summed E-state index contributed by atoms with van der Waals surface area (Å²) >= 11 is 0. The Bertz CT molecular complexity index is 649. The molecule has 1 unspecified atom stereocenters. The number of hydrogen-bond acceptors (Lipinski definition) is 5. The highest BCUT2D eigenvalue weighted by atomic mass is 31.2. The Morgan fingerprint density at radius 1 is 0.840 bits per heavy atom. The first kappa shape index (κ1) is 19.5. The van der Waals surface area contributed by atoms with Gasteiger partial charge in [0.05, 0.1) is 20.8 Å². The van der Waals surface area contributed by atoms with Gasteiger partial charge in [0.1, 0.15) is 17.6 Å². The summed E-state index contributed by atoms with van der Waals surface area (Å²) in [4.78, 5) is 0. The second-order valence-electron chi connectivity index (χ2n) is 5.38. The van der Waals surface area contributed by atoms with Gasteiger partial charge in [0, 0.05) is 6.16 Å². The first-order valence-electron chi connectivity index (χ1n) is 8.25. The predicted octanol–water partition coefficient (Wildman–Crippen LogP) is 5.06. The van der Waals surface area contributed by atoms with Gasteiger partial charge < -0.3 is 14.0 Å². The standard InChI is InChI=1S/C19H25O5P/c1-5-23-25(20,6-2)24-19(15-7-11-17(21-3)12-8-15)16-9-13-18(22-4)14-10-16/h7-14,19H,5-6H2,1-4H3. The smallest absolute Gasteiger partial charge is 0.331 e. The Labute approximate surface area is 149 Å². The highest BCUT2D eigenvalue weighted by Gasteiger charge is 2.28. The second kappa shape index (κ2) is 9.04. The summed E-state index contributed by atoms with van der Waals surface area (Å²) in [5.41, 5.74) is 1.75. The maximum atomic E-state index is 12.9. The van der Waals surface area contributed by atoms with E-state index in [2.05, 4.69) is 0 Å². The van der Waals surface area contributed by atoms with Crippen molar-refractivity contribution in [2.75, 3.05) is 27.0 Å². The number of methoxy groups -OCH3 is 2. The lowest BCUT2D eigenvalue weighted by atomic mass is 10.0. The molecule has 0 N–H and O–H groups in total. The largest absolute Gasteiger partial charge is 0.497 e. The molecule has 0 saturated carbocycles. The van der Waals surface area contributed by atoms with Crippen LogP contribution in [0.1, 0.15) is 31.1 Å². The number of rotatable bonds is 9. The summed E-state index contributed by atoms with van der Waals surface area (Å²) in [5, 5.41) is 0. The van der Waals surface area contributed by atoms with Crippen molar-refractivity contribution >= 4 is 7.60 Å². The van der Waals surface area contributed by atoms with Gasteiger partial charge in [0.2, 0.25) is 0 Å². The minimum atomic E-state index is -3.19. The van der Waals surface area contributed by atoms with Crippen molar-refractivity contribution in [1.29, 1.82) is 0 Å². The highest BCUT2D eigenvalue weighted by molar-refractivity contribution is 7.53. The summed E-state index contributed by atoms with van der Waals surface area (Å²) in [6, 6.07) is 15.0. The Morgan fingerprint density at radius 2 is 1.28 bits per heavy atom. The van der Waals surface area contributed by atoms with E-state index in [4.69, 9.17) is 18.5 Å². The van der Waals surface area contributed by atoms with Crippen LogP contribution in [0.2, 0.25) is 0 Å². The zero-order chi connectivity index (χ0) is 18.3. The van der Waals surface area contributed by atoms with Gasteiger partial charge in [-0.2, -0.15) is 0 Å². The van der Waals surface area contributed by atoms with Gasteiger partial charge in [-0.25, -0.2) is 0 Å². The molecular formula is C19H25O5P. The van der Waals surface area contributed by atoms with Crippen molar-refractivity contribution < 1.29 is 23.1 Å². The van der Waals surface area contributed by atoms with Crippen molar-refractivity contribution in [3.63, 3.8) is 0 Å². The number of benzene rings is 2. The Kier molecular flexibility index (Phi) is 7.06. The summed E-state index contributed by atoms with van der Waals surface area (Å²) in [7, 11) is 0.0484. The van der Waals surface area contributed by atoms with Crippen LogP contribution in [0.5, 0.6) is 11.5 Å². The third-order valence-electron chi connectivity index (χ3n) is 3.82. The van der Waals surface area contributed by atoms with Crippen molar-refractivity contribution in [1.82, 2.24) is 0 Å². The van der Waals surface area contributed by atoms with E-state index in [1.54, 1.807) is 28.1 Å². The first-order chi connectivity index (χ1) is 12.0. The Balaban J connectivity index is 2.40. The maximum absolute atomic E-state index is 12.9. The summed E-state index contributed by atoms with van der Waals surface area (Å²) < 4.78 is 34.7. The molecule has 0 spiro atoms. The van der Waals surface area contributed by atoms with Gasteiger partial charge in [-0.1, -0.05) is 31.2 Å².